The van der Waals surface area contributed by atoms with Gasteiger partial charge in [-0.1, -0.05) is 27.2 Å². The number of fused-ring (bicyclic) bond motifs is 1. The SMILES string of the molecule is CC(C)(C)[C@H](NC(=O)CC12CC3CC(CC(C3)C1)C2)C(=O)N1C[C@@H]2CCC[C@@H]2[C@H]1C(=O)O. The number of nitrogens with zero attached hydrogens (tertiary/aromatic N) is 1. The summed E-state index contributed by atoms with van der Waals surface area (Å²) in [6.07, 6.45) is 11.0. The van der Waals surface area contributed by atoms with Gasteiger partial charge >= 0.3 is 5.97 Å². The Morgan fingerprint density at radius 3 is 2.16 bits per heavy atom. The summed E-state index contributed by atoms with van der Waals surface area (Å²) in [5, 5.41) is 13.0. The van der Waals surface area contributed by atoms with Gasteiger partial charge in [0.05, 0.1) is 0 Å². The van der Waals surface area contributed by atoms with Gasteiger partial charge in [0.1, 0.15) is 12.1 Å². The number of rotatable bonds is 5. The van der Waals surface area contributed by atoms with E-state index in [0.29, 0.717) is 13.0 Å². The summed E-state index contributed by atoms with van der Waals surface area (Å²) < 4.78 is 0. The summed E-state index contributed by atoms with van der Waals surface area (Å²) in [4.78, 5) is 40.7. The monoisotopic (exact) mass is 444 g/mol. The van der Waals surface area contributed by atoms with Crippen molar-refractivity contribution in [2.24, 2.45) is 40.4 Å². The number of nitrogens with one attached hydrogen (secondary N) is 1. The lowest BCUT2D eigenvalue weighted by atomic mass is 9.49. The van der Waals surface area contributed by atoms with E-state index in [1.807, 2.05) is 20.8 Å². The van der Waals surface area contributed by atoms with Crippen LogP contribution in [-0.4, -0.2) is 46.4 Å². The fourth-order valence-corrected chi connectivity index (χ4v) is 8.72. The van der Waals surface area contributed by atoms with Crippen LogP contribution in [-0.2, 0) is 14.4 Å². The summed E-state index contributed by atoms with van der Waals surface area (Å²) >= 11 is 0. The van der Waals surface area contributed by atoms with Gasteiger partial charge in [0.15, 0.2) is 0 Å². The van der Waals surface area contributed by atoms with Crippen LogP contribution >= 0.6 is 0 Å². The molecule has 1 aliphatic heterocycles. The van der Waals surface area contributed by atoms with Crippen molar-refractivity contribution in [3.8, 4) is 0 Å². The van der Waals surface area contributed by atoms with Crippen molar-refractivity contribution in [3.05, 3.63) is 0 Å². The maximum absolute atomic E-state index is 13.7. The lowest BCUT2D eigenvalue weighted by Crippen LogP contribution is -2.58. The molecule has 6 fully saturated rings. The van der Waals surface area contributed by atoms with Crippen LogP contribution in [0.1, 0.15) is 85.0 Å². The van der Waals surface area contributed by atoms with Crippen LogP contribution in [0.4, 0.5) is 0 Å². The first-order valence-electron chi connectivity index (χ1n) is 12.9. The highest BCUT2D eigenvalue weighted by atomic mass is 16.4. The zero-order valence-corrected chi connectivity index (χ0v) is 19.9. The second-order valence-corrected chi connectivity index (χ2v) is 13.1. The third kappa shape index (κ3) is 3.86. The molecule has 2 amide bonds. The number of likely N-dealkylation sites (tertiary alicyclic amines) is 1. The van der Waals surface area contributed by atoms with Gasteiger partial charge in [0.25, 0.3) is 0 Å². The standard InChI is InChI=1S/C26H40N2O4/c1-25(2,3)22(23(30)28-14-18-5-4-6-19(18)21(28)24(31)32)27-20(29)13-26-10-15-7-16(11-26)9-17(8-15)12-26/h15-19,21-22H,4-14H2,1-3H3,(H,27,29)(H,31,32)/t15?,16?,17?,18-,19-,21-,22+,26?/m0/s1. The molecule has 5 saturated carbocycles. The Bertz CT molecular complexity index is 765. The number of aliphatic carboxylic acids is 1. The fourth-order valence-electron chi connectivity index (χ4n) is 8.72. The van der Waals surface area contributed by atoms with Crippen molar-refractivity contribution < 1.29 is 19.5 Å². The molecule has 6 rings (SSSR count). The molecule has 178 valence electrons. The Morgan fingerprint density at radius 2 is 1.62 bits per heavy atom. The molecule has 0 unspecified atom stereocenters. The lowest BCUT2D eigenvalue weighted by Gasteiger charge is -2.56. The molecule has 1 saturated heterocycles. The minimum absolute atomic E-state index is 0.0218. The van der Waals surface area contributed by atoms with Crippen LogP contribution in [0.5, 0.6) is 0 Å². The zero-order valence-electron chi connectivity index (χ0n) is 19.9. The van der Waals surface area contributed by atoms with Gasteiger partial charge in [-0.2, -0.15) is 0 Å². The average molecular weight is 445 g/mol. The van der Waals surface area contributed by atoms with Crippen molar-refractivity contribution in [2.75, 3.05) is 6.54 Å². The Morgan fingerprint density at radius 1 is 1.03 bits per heavy atom. The topological polar surface area (TPSA) is 86.7 Å². The predicted molar refractivity (Wildman–Crippen MR) is 121 cm³/mol. The smallest absolute Gasteiger partial charge is 0.326 e. The number of carboxylic acids is 1. The molecule has 6 nitrogen and oxygen atoms in total. The number of hydrogen-bond acceptors (Lipinski definition) is 3. The van der Waals surface area contributed by atoms with Gasteiger partial charge in [-0.25, -0.2) is 4.79 Å². The van der Waals surface area contributed by atoms with Crippen molar-refractivity contribution in [3.63, 3.8) is 0 Å². The van der Waals surface area contributed by atoms with E-state index in [-0.39, 0.29) is 29.1 Å². The Balaban J connectivity index is 1.30. The zero-order chi connectivity index (χ0) is 22.8. The Hall–Kier alpha value is -1.59. The van der Waals surface area contributed by atoms with Crippen LogP contribution in [0.25, 0.3) is 0 Å². The summed E-state index contributed by atoms with van der Waals surface area (Å²) in [7, 11) is 0. The second kappa shape index (κ2) is 7.73. The highest BCUT2D eigenvalue weighted by Gasteiger charge is 2.53. The van der Waals surface area contributed by atoms with Gasteiger partial charge in [0, 0.05) is 13.0 Å². The molecular formula is C26H40N2O4. The Kier molecular flexibility index (Phi) is 5.37. The number of carbonyl (C=O) groups is 3. The summed E-state index contributed by atoms with van der Waals surface area (Å²) in [5.74, 6) is 1.56. The molecule has 5 aliphatic carbocycles. The van der Waals surface area contributed by atoms with E-state index in [1.165, 1.54) is 19.3 Å². The third-order valence-electron chi connectivity index (χ3n) is 9.55. The molecule has 4 bridgehead atoms. The predicted octanol–water partition coefficient (Wildman–Crippen LogP) is 3.84. The van der Waals surface area contributed by atoms with E-state index in [0.717, 1.165) is 56.3 Å². The van der Waals surface area contributed by atoms with Gasteiger partial charge < -0.3 is 15.3 Å². The van der Waals surface area contributed by atoms with Crippen molar-refractivity contribution in [1.29, 1.82) is 0 Å². The first-order valence-corrected chi connectivity index (χ1v) is 12.9. The van der Waals surface area contributed by atoms with E-state index in [2.05, 4.69) is 5.32 Å². The maximum Gasteiger partial charge on any atom is 0.326 e. The maximum atomic E-state index is 13.7. The molecule has 6 heteroatoms. The van der Waals surface area contributed by atoms with Crippen molar-refractivity contribution in [1.82, 2.24) is 10.2 Å². The summed E-state index contributed by atoms with van der Waals surface area (Å²) in [5.41, 5.74) is -0.354. The number of amides is 2. The molecule has 0 aromatic carbocycles. The first-order chi connectivity index (χ1) is 15.0. The Labute approximate surface area is 191 Å². The van der Waals surface area contributed by atoms with Crippen molar-refractivity contribution >= 4 is 17.8 Å². The van der Waals surface area contributed by atoms with E-state index < -0.39 is 23.5 Å². The van der Waals surface area contributed by atoms with Gasteiger partial charge in [-0.05, 0) is 91.8 Å². The molecule has 1 heterocycles. The molecule has 0 radical (unpaired) electrons. The minimum atomic E-state index is -0.902. The molecule has 6 aliphatic rings. The lowest BCUT2D eigenvalue weighted by molar-refractivity contribution is -0.152. The quantitative estimate of drug-likeness (QED) is 0.675. The fraction of sp³-hybridized carbons (Fsp3) is 0.885. The summed E-state index contributed by atoms with van der Waals surface area (Å²) in [6, 6.07) is -1.44. The van der Waals surface area contributed by atoms with Crippen LogP contribution in [0.2, 0.25) is 0 Å². The molecular weight excluding hydrogens is 404 g/mol. The van der Waals surface area contributed by atoms with Gasteiger partial charge in [0.2, 0.25) is 11.8 Å². The summed E-state index contributed by atoms with van der Waals surface area (Å²) in [6.45, 7) is 6.41. The first kappa shape index (κ1) is 22.2. The van der Waals surface area contributed by atoms with Gasteiger partial charge in [-0.15, -0.1) is 0 Å². The molecule has 4 atom stereocenters. The minimum Gasteiger partial charge on any atom is -0.480 e. The second-order valence-electron chi connectivity index (χ2n) is 13.1. The molecule has 2 N–H and O–H groups in total. The normalized spacial score (nSPS) is 40.9. The van der Waals surface area contributed by atoms with Crippen LogP contribution in [0.3, 0.4) is 0 Å². The van der Waals surface area contributed by atoms with Crippen molar-refractivity contribution in [2.45, 2.75) is 97.1 Å². The van der Waals surface area contributed by atoms with Gasteiger partial charge in [-0.3, -0.25) is 9.59 Å². The molecule has 0 spiro atoms. The molecule has 0 aromatic heterocycles. The van der Waals surface area contributed by atoms with Crippen LogP contribution in [0.15, 0.2) is 0 Å². The highest BCUT2D eigenvalue weighted by molar-refractivity contribution is 5.91. The molecule has 32 heavy (non-hydrogen) atoms. The number of carboxylic acid groups (broad SMARTS) is 1. The van der Waals surface area contributed by atoms with E-state index in [1.54, 1.807) is 4.90 Å². The average Bonchev–Trinajstić information content (AvgIpc) is 3.23. The van der Waals surface area contributed by atoms with E-state index in [4.69, 9.17) is 0 Å². The largest absolute Gasteiger partial charge is 0.480 e. The van der Waals surface area contributed by atoms with Crippen LogP contribution in [0, 0.1) is 40.4 Å². The van der Waals surface area contributed by atoms with E-state index >= 15 is 0 Å². The van der Waals surface area contributed by atoms with Crippen LogP contribution < -0.4 is 5.32 Å². The molecule has 0 aromatic rings. The number of carbonyl (C=O) groups excluding carboxylic acids is 2. The third-order valence-corrected chi connectivity index (χ3v) is 9.55. The number of hydrogen-bond donors (Lipinski definition) is 2. The van der Waals surface area contributed by atoms with E-state index in [9.17, 15) is 19.5 Å². The highest BCUT2D eigenvalue weighted by Crippen LogP contribution is 2.61.